The molecule has 0 aliphatic heterocycles. The molecule has 1 aromatic heterocycles. The first-order valence-electron chi connectivity index (χ1n) is 7.77. The standard InChI is InChI=1S/C19H17BrN2OS2/c1-13-2-8-16(9-3-13)24-12-18(23)22-19-21-11-17(25-19)10-14-4-6-15(20)7-5-14/h2-9,11H,10,12H2,1H3,(H,21,22,23). The van der Waals surface area contributed by atoms with Gasteiger partial charge < -0.3 is 5.32 Å². The van der Waals surface area contributed by atoms with Gasteiger partial charge in [-0.3, -0.25) is 4.79 Å². The molecule has 0 radical (unpaired) electrons. The maximum atomic E-state index is 12.1. The van der Waals surface area contributed by atoms with Gasteiger partial charge in [-0.15, -0.1) is 23.1 Å². The Labute approximate surface area is 164 Å². The first-order chi connectivity index (χ1) is 12.1. The van der Waals surface area contributed by atoms with E-state index < -0.39 is 0 Å². The van der Waals surface area contributed by atoms with Gasteiger partial charge in [-0.05, 0) is 36.8 Å². The number of rotatable bonds is 6. The number of amides is 1. The van der Waals surface area contributed by atoms with E-state index in [1.807, 2.05) is 30.5 Å². The molecule has 1 N–H and O–H groups in total. The van der Waals surface area contributed by atoms with Crippen LogP contribution in [0.1, 0.15) is 16.0 Å². The predicted octanol–water partition coefficient (Wildman–Crippen LogP) is 5.54. The molecule has 0 saturated carbocycles. The molecule has 1 heterocycles. The van der Waals surface area contributed by atoms with Crippen molar-refractivity contribution in [2.24, 2.45) is 0 Å². The lowest BCUT2D eigenvalue weighted by Crippen LogP contribution is -2.13. The number of hydrogen-bond donors (Lipinski definition) is 1. The molecule has 128 valence electrons. The van der Waals surface area contributed by atoms with E-state index in [1.165, 1.54) is 34.2 Å². The first-order valence-corrected chi connectivity index (χ1v) is 10.4. The topological polar surface area (TPSA) is 42.0 Å². The van der Waals surface area contributed by atoms with Crippen LogP contribution in [0.2, 0.25) is 0 Å². The van der Waals surface area contributed by atoms with E-state index >= 15 is 0 Å². The van der Waals surface area contributed by atoms with Crippen LogP contribution < -0.4 is 5.32 Å². The molecule has 0 unspecified atom stereocenters. The quantitative estimate of drug-likeness (QED) is 0.520. The fraction of sp³-hybridized carbons (Fsp3) is 0.158. The van der Waals surface area contributed by atoms with Crippen molar-refractivity contribution >= 4 is 50.1 Å². The second kappa shape index (κ2) is 8.65. The lowest BCUT2D eigenvalue weighted by atomic mass is 10.1. The van der Waals surface area contributed by atoms with Crippen LogP contribution in [0, 0.1) is 6.92 Å². The van der Waals surface area contributed by atoms with Crippen LogP contribution in [0.15, 0.2) is 64.1 Å². The molecule has 6 heteroatoms. The summed E-state index contributed by atoms with van der Waals surface area (Å²) in [5.41, 5.74) is 2.44. The van der Waals surface area contributed by atoms with E-state index in [0.717, 1.165) is 20.7 Å². The average Bonchev–Trinajstić information content (AvgIpc) is 3.03. The molecule has 3 aromatic rings. The fourth-order valence-electron chi connectivity index (χ4n) is 2.19. The third-order valence-electron chi connectivity index (χ3n) is 3.48. The number of hydrogen-bond acceptors (Lipinski definition) is 4. The van der Waals surface area contributed by atoms with E-state index in [9.17, 15) is 4.79 Å². The number of halogens is 1. The minimum Gasteiger partial charge on any atom is -0.301 e. The molecular formula is C19H17BrN2OS2. The summed E-state index contributed by atoms with van der Waals surface area (Å²) in [6, 6.07) is 16.4. The number of aromatic nitrogens is 1. The molecule has 0 spiro atoms. The summed E-state index contributed by atoms with van der Waals surface area (Å²) >= 11 is 6.49. The number of carbonyl (C=O) groups is 1. The largest absolute Gasteiger partial charge is 0.301 e. The van der Waals surface area contributed by atoms with Gasteiger partial charge in [0.15, 0.2) is 5.13 Å². The summed E-state index contributed by atoms with van der Waals surface area (Å²) in [6.45, 7) is 2.05. The van der Waals surface area contributed by atoms with Crippen molar-refractivity contribution in [2.75, 3.05) is 11.1 Å². The van der Waals surface area contributed by atoms with Crippen LogP contribution in [0.4, 0.5) is 5.13 Å². The number of thiazole rings is 1. The summed E-state index contributed by atoms with van der Waals surface area (Å²) in [5, 5.41) is 3.53. The normalized spacial score (nSPS) is 10.6. The van der Waals surface area contributed by atoms with Crippen molar-refractivity contribution < 1.29 is 4.79 Å². The van der Waals surface area contributed by atoms with E-state index in [4.69, 9.17) is 0 Å². The minimum absolute atomic E-state index is 0.0323. The fourth-order valence-corrected chi connectivity index (χ4v) is 4.01. The second-order valence-electron chi connectivity index (χ2n) is 5.58. The van der Waals surface area contributed by atoms with Gasteiger partial charge in [0.1, 0.15) is 0 Å². The van der Waals surface area contributed by atoms with Crippen LogP contribution in [0.25, 0.3) is 0 Å². The zero-order valence-corrected chi connectivity index (χ0v) is 16.9. The molecule has 1 amide bonds. The van der Waals surface area contributed by atoms with E-state index in [0.29, 0.717) is 10.9 Å². The Kier molecular flexibility index (Phi) is 6.29. The van der Waals surface area contributed by atoms with E-state index in [-0.39, 0.29) is 5.91 Å². The third-order valence-corrected chi connectivity index (χ3v) is 5.94. The Bertz CT molecular complexity index is 845. The van der Waals surface area contributed by atoms with Gasteiger partial charge in [0.2, 0.25) is 5.91 Å². The number of carbonyl (C=O) groups excluding carboxylic acids is 1. The summed E-state index contributed by atoms with van der Waals surface area (Å²) in [5.74, 6) is 0.347. The number of aryl methyl sites for hydroxylation is 1. The average molecular weight is 433 g/mol. The Morgan fingerprint density at radius 3 is 2.60 bits per heavy atom. The predicted molar refractivity (Wildman–Crippen MR) is 110 cm³/mol. The van der Waals surface area contributed by atoms with Gasteiger partial charge in [-0.2, -0.15) is 0 Å². The van der Waals surface area contributed by atoms with Crippen molar-refractivity contribution in [1.82, 2.24) is 4.98 Å². The van der Waals surface area contributed by atoms with Gasteiger partial charge in [0, 0.05) is 26.9 Å². The Morgan fingerprint density at radius 2 is 1.88 bits per heavy atom. The summed E-state index contributed by atoms with van der Waals surface area (Å²) in [7, 11) is 0. The molecule has 0 bridgehead atoms. The number of nitrogens with zero attached hydrogens (tertiary/aromatic N) is 1. The molecule has 2 aromatic carbocycles. The van der Waals surface area contributed by atoms with Crippen LogP contribution in [0.3, 0.4) is 0 Å². The third kappa shape index (κ3) is 5.70. The summed E-state index contributed by atoms with van der Waals surface area (Å²) in [4.78, 5) is 18.6. The van der Waals surface area contributed by atoms with Crippen molar-refractivity contribution in [3.8, 4) is 0 Å². The van der Waals surface area contributed by atoms with E-state index in [2.05, 4.69) is 57.4 Å². The van der Waals surface area contributed by atoms with Gasteiger partial charge in [0.25, 0.3) is 0 Å². The lowest BCUT2D eigenvalue weighted by molar-refractivity contribution is -0.113. The van der Waals surface area contributed by atoms with Gasteiger partial charge >= 0.3 is 0 Å². The van der Waals surface area contributed by atoms with Crippen molar-refractivity contribution in [1.29, 1.82) is 0 Å². The van der Waals surface area contributed by atoms with Crippen LogP contribution in [-0.4, -0.2) is 16.6 Å². The maximum Gasteiger partial charge on any atom is 0.236 e. The Morgan fingerprint density at radius 1 is 1.16 bits per heavy atom. The van der Waals surface area contributed by atoms with Crippen molar-refractivity contribution in [3.05, 3.63) is 75.2 Å². The molecule has 25 heavy (non-hydrogen) atoms. The smallest absolute Gasteiger partial charge is 0.236 e. The number of thioether (sulfide) groups is 1. The maximum absolute atomic E-state index is 12.1. The lowest BCUT2D eigenvalue weighted by Gasteiger charge is -2.02. The van der Waals surface area contributed by atoms with Gasteiger partial charge in [-0.1, -0.05) is 45.8 Å². The summed E-state index contributed by atoms with van der Waals surface area (Å²) < 4.78 is 1.07. The molecule has 0 atom stereocenters. The molecule has 0 aliphatic carbocycles. The van der Waals surface area contributed by atoms with Gasteiger partial charge in [0.05, 0.1) is 5.75 Å². The zero-order valence-electron chi connectivity index (χ0n) is 13.7. The number of anilines is 1. The molecule has 0 aliphatic rings. The Balaban J connectivity index is 1.51. The molecule has 3 rings (SSSR count). The zero-order chi connectivity index (χ0) is 17.6. The Hall–Kier alpha value is -1.63. The first kappa shape index (κ1) is 18.2. The highest BCUT2D eigenvalue weighted by atomic mass is 79.9. The molecule has 0 fully saturated rings. The highest BCUT2D eigenvalue weighted by Crippen LogP contribution is 2.23. The van der Waals surface area contributed by atoms with Gasteiger partial charge in [-0.25, -0.2) is 4.98 Å². The molecular weight excluding hydrogens is 416 g/mol. The van der Waals surface area contributed by atoms with Crippen LogP contribution >= 0.6 is 39.0 Å². The monoisotopic (exact) mass is 432 g/mol. The highest BCUT2D eigenvalue weighted by molar-refractivity contribution is 9.10. The summed E-state index contributed by atoms with van der Waals surface area (Å²) in [6.07, 6.45) is 2.65. The number of nitrogens with one attached hydrogen (secondary N) is 1. The van der Waals surface area contributed by atoms with Crippen molar-refractivity contribution in [2.45, 2.75) is 18.2 Å². The minimum atomic E-state index is -0.0323. The van der Waals surface area contributed by atoms with Crippen LogP contribution in [0.5, 0.6) is 0 Å². The van der Waals surface area contributed by atoms with Crippen molar-refractivity contribution in [3.63, 3.8) is 0 Å². The molecule has 0 saturated heterocycles. The molecule has 3 nitrogen and oxygen atoms in total. The highest BCUT2D eigenvalue weighted by Gasteiger charge is 2.08. The van der Waals surface area contributed by atoms with E-state index in [1.54, 1.807) is 0 Å². The number of benzene rings is 2. The second-order valence-corrected chi connectivity index (χ2v) is 8.66. The van der Waals surface area contributed by atoms with Crippen LogP contribution in [-0.2, 0) is 11.2 Å². The SMILES string of the molecule is Cc1ccc(SCC(=O)Nc2ncc(Cc3ccc(Br)cc3)s2)cc1.